The molecule has 1 saturated carbocycles. The maximum Gasteiger partial charge on any atom is 0.136 e. The minimum Gasteiger partial charge on any atom is -0.381 e. The molecule has 14 heavy (non-hydrogen) atoms. The average Bonchev–Trinajstić information content (AvgIpc) is 2.39. The summed E-state index contributed by atoms with van der Waals surface area (Å²) in [5.74, 6) is 0.775. The Morgan fingerprint density at radius 1 is 1.29 bits per heavy atom. The highest BCUT2D eigenvalue weighted by molar-refractivity contribution is 5.81. The Hall–Kier alpha value is -0.370. The van der Waals surface area contributed by atoms with Crippen LogP contribution in [0.4, 0.5) is 0 Å². The van der Waals surface area contributed by atoms with E-state index in [2.05, 4.69) is 6.92 Å². The van der Waals surface area contributed by atoms with Crippen molar-refractivity contribution in [1.82, 2.24) is 0 Å². The molecule has 0 aromatic carbocycles. The number of carbonyl (C=O) groups excluding carboxylic acids is 1. The van der Waals surface area contributed by atoms with Crippen LogP contribution in [0.2, 0.25) is 0 Å². The Labute approximate surface area is 87.0 Å². The van der Waals surface area contributed by atoms with Crippen LogP contribution in [0.15, 0.2) is 0 Å². The van der Waals surface area contributed by atoms with Gasteiger partial charge in [0.05, 0.1) is 0 Å². The number of hydrogen-bond donors (Lipinski definition) is 0. The molecule has 0 bridgehead atoms. The van der Waals surface area contributed by atoms with Gasteiger partial charge in [-0.25, -0.2) is 0 Å². The van der Waals surface area contributed by atoms with E-state index in [4.69, 9.17) is 4.74 Å². The molecule has 0 spiro atoms. The Morgan fingerprint density at radius 3 is 2.93 bits per heavy atom. The summed E-state index contributed by atoms with van der Waals surface area (Å²) >= 11 is 0. The van der Waals surface area contributed by atoms with Gasteiger partial charge in [0, 0.05) is 25.6 Å². The number of Topliss-reactive ketones (excluding diaryl/α,β-unsaturated/α-hetero) is 1. The van der Waals surface area contributed by atoms with Gasteiger partial charge in [-0.05, 0) is 25.7 Å². The van der Waals surface area contributed by atoms with Crippen LogP contribution in [-0.4, -0.2) is 19.0 Å². The highest BCUT2D eigenvalue weighted by Crippen LogP contribution is 2.22. The number of carbonyl (C=O) groups is 1. The Bertz CT molecular complexity index is 166. The first-order valence-electron chi connectivity index (χ1n) is 5.95. The molecule has 0 amide bonds. The minimum absolute atomic E-state index is 0.300. The van der Waals surface area contributed by atoms with Crippen LogP contribution in [0.1, 0.15) is 51.9 Å². The molecule has 0 aromatic rings. The van der Waals surface area contributed by atoms with Gasteiger partial charge in [0.15, 0.2) is 0 Å². The van der Waals surface area contributed by atoms with Gasteiger partial charge in [-0.3, -0.25) is 4.79 Å². The second kappa shape index (κ2) is 6.99. The van der Waals surface area contributed by atoms with Crippen molar-refractivity contribution in [1.29, 1.82) is 0 Å². The number of rotatable bonds is 5. The first-order chi connectivity index (χ1) is 6.84. The topological polar surface area (TPSA) is 26.3 Å². The van der Waals surface area contributed by atoms with Crippen molar-refractivity contribution in [2.45, 2.75) is 51.9 Å². The van der Waals surface area contributed by atoms with Gasteiger partial charge in [0.1, 0.15) is 5.78 Å². The monoisotopic (exact) mass is 198 g/mol. The zero-order chi connectivity index (χ0) is 10.2. The zero-order valence-electron chi connectivity index (χ0n) is 9.26. The molecule has 1 atom stereocenters. The van der Waals surface area contributed by atoms with E-state index in [0.29, 0.717) is 11.7 Å². The molecule has 0 radical (unpaired) electrons. The third-order valence-electron chi connectivity index (χ3n) is 2.89. The average molecular weight is 198 g/mol. The molecule has 1 fully saturated rings. The second-order valence-corrected chi connectivity index (χ2v) is 4.16. The molecule has 0 heterocycles. The molecule has 0 saturated heterocycles. The summed E-state index contributed by atoms with van der Waals surface area (Å²) in [6.45, 7) is 3.71. The predicted octanol–water partition coefficient (Wildman–Crippen LogP) is 2.95. The summed E-state index contributed by atoms with van der Waals surface area (Å²) in [4.78, 5) is 11.6. The highest BCUT2D eigenvalue weighted by Gasteiger charge is 2.19. The number of ketones is 1. The van der Waals surface area contributed by atoms with Gasteiger partial charge in [0.25, 0.3) is 0 Å². The van der Waals surface area contributed by atoms with Gasteiger partial charge in [-0.2, -0.15) is 0 Å². The molecule has 1 aliphatic rings. The van der Waals surface area contributed by atoms with Crippen LogP contribution >= 0.6 is 0 Å². The summed E-state index contributed by atoms with van der Waals surface area (Å²) in [6, 6.07) is 0. The molecular formula is C12H22O2. The minimum atomic E-state index is 0.300. The molecule has 0 N–H and O–H groups in total. The predicted molar refractivity (Wildman–Crippen MR) is 57.3 cm³/mol. The SMILES string of the molecule is CCCOCCC1CCCCCC1=O. The summed E-state index contributed by atoms with van der Waals surface area (Å²) in [5, 5.41) is 0. The van der Waals surface area contributed by atoms with Gasteiger partial charge < -0.3 is 4.74 Å². The first-order valence-corrected chi connectivity index (χ1v) is 5.95. The molecule has 82 valence electrons. The Balaban J connectivity index is 2.16. The fourth-order valence-electron chi connectivity index (χ4n) is 2.01. The molecule has 1 aliphatic carbocycles. The number of hydrogen-bond acceptors (Lipinski definition) is 2. The van der Waals surface area contributed by atoms with E-state index in [0.717, 1.165) is 45.3 Å². The van der Waals surface area contributed by atoms with Crippen LogP contribution < -0.4 is 0 Å². The molecule has 0 aromatic heterocycles. The van der Waals surface area contributed by atoms with Crippen molar-refractivity contribution in [3.63, 3.8) is 0 Å². The van der Waals surface area contributed by atoms with Gasteiger partial charge >= 0.3 is 0 Å². The van der Waals surface area contributed by atoms with E-state index in [9.17, 15) is 4.79 Å². The van der Waals surface area contributed by atoms with Crippen molar-refractivity contribution in [2.24, 2.45) is 5.92 Å². The van der Waals surface area contributed by atoms with Crippen LogP contribution in [-0.2, 0) is 9.53 Å². The molecule has 2 nitrogen and oxygen atoms in total. The largest absolute Gasteiger partial charge is 0.381 e. The normalized spacial score (nSPS) is 23.5. The standard InChI is InChI=1S/C12H22O2/c1-2-9-14-10-8-11-6-4-3-5-7-12(11)13/h11H,2-10H2,1H3. The summed E-state index contributed by atoms with van der Waals surface area (Å²) in [7, 11) is 0. The second-order valence-electron chi connectivity index (χ2n) is 4.16. The third-order valence-corrected chi connectivity index (χ3v) is 2.89. The quantitative estimate of drug-likeness (QED) is 0.501. The molecular weight excluding hydrogens is 176 g/mol. The highest BCUT2D eigenvalue weighted by atomic mass is 16.5. The maximum atomic E-state index is 11.6. The van der Waals surface area contributed by atoms with Crippen LogP contribution in [0.3, 0.4) is 0 Å². The van der Waals surface area contributed by atoms with E-state index in [1.54, 1.807) is 0 Å². The third kappa shape index (κ3) is 4.23. The van der Waals surface area contributed by atoms with Crippen LogP contribution in [0.25, 0.3) is 0 Å². The molecule has 1 rings (SSSR count). The van der Waals surface area contributed by atoms with Crippen molar-refractivity contribution in [3.8, 4) is 0 Å². The smallest absolute Gasteiger partial charge is 0.136 e. The fraction of sp³-hybridized carbons (Fsp3) is 0.917. The lowest BCUT2D eigenvalue weighted by molar-refractivity contribution is -0.123. The Kier molecular flexibility index (Phi) is 5.85. The summed E-state index contributed by atoms with van der Waals surface area (Å²) in [6.07, 6.45) is 7.47. The first kappa shape index (κ1) is 11.7. The van der Waals surface area contributed by atoms with Crippen molar-refractivity contribution in [3.05, 3.63) is 0 Å². The van der Waals surface area contributed by atoms with Crippen LogP contribution in [0, 0.1) is 5.92 Å². The van der Waals surface area contributed by atoms with Crippen LogP contribution in [0.5, 0.6) is 0 Å². The molecule has 2 heteroatoms. The lowest BCUT2D eigenvalue weighted by atomic mass is 9.96. The Morgan fingerprint density at radius 2 is 2.14 bits per heavy atom. The maximum absolute atomic E-state index is 11.6. The van der Waals surface area contributed by atoms with E-state index in [1.807, 2.05) is 0 Å². The summed E-state index contributed by atoms with van der Waals surface area (Å²) < 4.78 is 5.42. The summed E-state index contributed by atoms with van der Waals surface area (Å²) in [5.41, 5.74) is 0. The van der Waals surface area contributed by atoms with E-state index >= 15 is 0 Å². The van der Waals surface area contributed by atoms with Gasteiger partial charge in [0.2, 0.25) is 0 Å². The lowest BCUT2D eigenvalue weighted by Gasteiger charge is -2.12. The van der Waals surface area contributed by atoms with Crippen molar-refractivity contribution >= 4 is 5.78 Å². The number of ether oxygens (including phenoxy) is 1. The molecule has 0 aliphatic heterocycles. The fourth-order valence-corrected chi connectivity index (χ4v) is 2.01. The van der Waals surface area contributed by atoms with Crippen molar-refractivity contribution < 1.29 is 9.53 Å². The van der Waals surface area contributed by atoms with Gasteiger partial charge in [-0.1, -0.05) is 19.8 Å². The van der Waals surface area contributed by atoms with E-state index in [-0.39, 0.29) is 0 Å². The lowest BCUT2D eigenvalue weighted by Crippen LogP contribution is -2.15. The van der Waals surface area contributed by atoms with Gasteiger partial charge in [-0.15, -0.1) is 0 Å². The zero-order valence-corrected chi connectivity index (χ0v) is 9.26. The van der Waals surface area contributed by atoms with E-state index in [1.165, 1.54) is 12.8 Å². The molecule has 1 unspecified atom stereocenters. The van der Waals surface area contributed by atoms with E-state index < -0.39 is 0 Å². The van der Waals surface area contributed by atoms with Crippen molar-refractivity contribution in [2.75, 3.05) is 13.2 Å².